The first kappa shape index (κ1) is 18.9. The van der Waals surface area contributed by atoms with Crippen molar-refractivity contribution in [2.75, 3.05) is 23.6 Å². The molecule has 3 rings (SSSR count). The molecule has 1 aliphatic heterocycles. The minimum Gasteiger partial charge on any atom is -0.314 e. The van der Waals surface area contributed by atoms with Gasteiger partial charge in [0.05, 0.1) is 11.4 Å². The van der Waals surface area contributed by atoms with Gasteiger partial charge in [-0.25, -0.2) is 0 Å². The molecule has 2 aromatic rings. The quantitative estimate of drug-likeness (QED) is 0.499. The number of hydrogen-bond acceptors (Lipinski definition) is 4. The van der Waals surface area contributed by atoms with E-state index in [-0.39, 0.29) is 11.7 Å². The van der Waals surface area contributed by atoms with Crippen LogP contribution in [-0.2, 0) is 16.6 Å². The molecule has 0 spiro atoms. The summed E-state index contributed by atoms with van der Waals surface area (Å²) in [5.74, 6) is -0.567. The first-order valence-electron chi connectivity index (χ1n) is 8.99. The van der Waals surface area contributed by atoms with Crippen molar-refractivity contribution in [1.82, 2.24) is 0 Å². The standard InChI is InChI=1S/C22H24N2O3/c1-5-10-15-11-9-14-18-19(15)20(25)22(3,21(26)23(18)4)16-12-7-8-13-17(16)24(27)6-2/h5,7-9,11-14,27H,1,6,10H2,2-4H3/t22-/m1/s1. The molecule has 5 nitrogen and oxygen atoms in total. The van der Waals surface area contributed by atoms with E-state index in [1.807, 2.05) is 12.1 Å². The van der Waals surface area contributed by atoms with Gasteiger partial charge in [0.25, 0.3) is 0 Å². The summed E-state index contributed by atoms with van der Waals surface area (Å²) in [6.07, 6.45) is 2.28. The van der Waals surface area contributed by atoms with Gasteiger partial charge in [-0.05, 0) is 38.0 Å². The highest BCUT2D eigenvalue weighted by atomic mass is 16.5. The number of amides is 1. The van der Waals surface area contributed by atoms with Gasteiger partial charge in [0.15, 0.2) is 5.78 Å². The Labute approximate surface area is 159 Å². The number of anilines is 2. The average molecular weight is 364 g/mol. The lowest BCUT2D eigenvalue weighted by Gasteiger charge is -2.40. The van der Waals surface area contributed by atoms with Crippen LogP contribution in [0.25, 0.3) is 0 Å². The number of rotatable bonds is 5. The van der Waals surface area contributed by atoms with Crippen LogP contribution < -0.4 is 9.96 Å². The number of fused-ring (bicyclic) bond motifs is 1. The Morgan fingerprint density at radius 2 is 1.89 bits per heavy atom. The number of ketones is 1. The molecule has 1 heterocycles. The number of hydroxylamine groups is 1. The molecule has 0 radical (unpaired) electrons. The third kappa shape index (κ3) is 2.75. The number of Topliss-reactive ketones (excluding diaryl/α,β-unsaturated/α-hetero) is 1. The van der Waals surface area contributed by atoms with Crippen LogP contribution in [0.2, 0.25) is 0 Å². The third-order valence-corrected chi connectivity index (χ3v) is 5.29. The monoisotopic (exact) mass is 364 g/mol. The molecule has 1 aliphatic rings. The fourth-order valence-electron chi connectivity index (χ4n) is 3.78. The van der Waals surface area contributed by atoms with Crippen LogP contribution in [0.3, 0.4) is 0 Å². The van der Waals surface area contributed by atoms with Crippen LogP contribution in [0.5, 0.6) is 0 Å². The number of para-hydroxylation sites is 1. The third-order valence-electron chi connectivity index (χ3n) is 5.29. The van der Waals surface area contributed by atoms with Gasteiger partial charge in [-0.15, -0.1) is 6.58 Å². The minimum atomic E-state index is -1.42. The predicted molar refractivity (Wildman–Crippen MR) is 107 cm³/mol. The van der Waals surface area contributed by atoms with Crippen molar-refractivity contribution in [3.8, 4) is 0 Å². The zero-order valence-corrected chi connectivity index (χ0v) is 15.9. The summed E-state index contributed by atoms with van der Waals surface area (Å²) < 4.78 is 0. The zero-order valence-electron chi connectivity index (χ0n) is 15.9. The summed E-state index contributed by atoms with van der Waals surface area (Å²) in [5, 5.41) is 11.4. The number of allylic oxidation sites excluding steroid dienone is 1. The van der Waals surface area contributed by atoms with Crippen LogP contribution in [-0.4, -0.2) is 30.5 Å². The first-order chi connectivity index (χ1) is 12.9. The van der Waals surface area contributed by atoms with E-state index in [2.05, 4.69) is 6.58 Å². The topological polar surface area (TPSA) is 60.9 Å². The lowest BCUT2D eigenvalue weighted by molar-refractivity contribution is -0.122. The lowest BCUT2D eigenvalue weighted by atomic mass is 9.70. The molecule has 5 heteroatoms. The van der Waals surface area contributed by atoms with Crippen molar-refractivity contribution in [3.05, 3.63) is 71.8 Å². The van der Waals surface area contributed by atoms with Gasteiger partial charge in [0, 0.05) is 24.7 Å². The maximum absolute atomic E-state index is 13.7. The molecule has 2 aromatic carbocycles. The second kappa shape index (κ2) is 7.00. The van der Waals surface area contributed by atoms with E-state index in [1.165, 1.54) is 4.90 Å². The van der Waals surface area contributed by atoms with Gasteiger partial charge in [-0.1, -0.05) is 36.4 Å². The van der Waals surface area contributed by atoms with E-state index < -0.39 is 5.41 Å². The normalized spacial score (nSPS) is 19.0. The number of carbonyl (C=O) groups is 2. The second-order valence-electron chi connectivity index (χ2n) is 6.86. The SMILES string of the molecule is C=CCc1cccc2c1C(=O)[C@@](C)(c1ccccc1N(O)CC)C(=O)N2C. The van der Waals surface area contributed by atoms with Crippen LogP contribution in [0.4, 0.5) is 11.4 Å². The number of benzene rings is 2. The minimum absolute atomic E-state index is 0.255. The maximum atomic E-state index is 13.7. The summed E-state index contributed by atoms with van der Waals surface area (Å²) in [6, 6.07) is 12.5. The maximum Gasteiger partial charge on any atom is 0.245 e. The molecule has 140 valence electrons. The fourth-order valence-corrected chi connectivity index (χ4v) is 3.78. The molecule has 0 fully saturated rings. The van der Waals surface area contributed by atoms with Crippen molar-refractivity contribution in [2.45, 2.75) is 25.7 Å². The van der Waals surface area contributed by atoms with E-state index in [4.69, 9.17) is 0 Å². The Kier molecular flexibility index (Phi) is 4.89. The van der Waals surface area contributed by atoms with Crippen LogP contribution >= 0.6 is 0 Å². The van der Waals surface area contributed by atoms with Crippen LogP contribution in [0.15, 0.2) is 55.1 Å². The molecule has 0 saturated heterocycles. The molecular weight excluding hydrogens is 340 g/mol. The fraction of sp³-hybridized carbons (Fsp3) is 0.273. The smallest absolute Gasteiger partial charge is 0.245 e. The highest BCUT2D eigenvalue weighted by Gasteiger charge is 2.51. The van der Waals surface area contributed by atoms with Crippen molar-refractivity contribution < 1.29 is 14.8 Å². The Morgan fingerprint density at radius 1 is 1.19 bits per heavy atom. The van der Waals surface area contributed by atoms with E-state index in [1.54, 1.807) is 57.3 Å². The van der Waals surface area contributed by atoms with Gasteiger partial charge in [-0.2, -0.15) is 0 Å². The molecule has 1 atom stereocenters. The van der Waals surface area contributed by atoms with E-state index in [0.29, 0.717) is 35.5 Å². The Hall–Kier alpha value is -2.92. The Balaban J connectivity index is 2.28. The highest BCUT2D eigenvalue weighted by Crippen LogP contribution is 2.43. The number of carbonyl (C=O) groups excluding carboxylic acids is 2. The molecule has 1 N–H and O–H groups in total. The summed E-state index contributed by atoms with van der Waals surface area (Å²) in [7, 11) is 1.68. The van der Waals surface area contributed by atoms with Gasteiger partial charge >= 0.3 is 0 Å². The predicted octanol–water partition coefficient (Wildman–Crippen LogP) is 3.75. The van der Waals surface area contributed by atoms with Gasteiger partial charge < -0.3 is 4.90 Å². The van der Waals surface area contributed by atoms with Crippen molar-refractivity contribution in [2.24, 2.45) is 0 Å². The van der Waals surface area contributed by atoms with Crippen molar-refractivity contribution in [3.63, 3.8) is 0 Å². The summed E-state index contributed by atoms with van der Waals surface area (Å²) >= 11 is 0. The highest BCUT2D eigenvalue weighted by molar-refractivity contribution is 6.29. The van der Waals surface area contributed by atoms with E-state index in [9.17, 15) is 14.8 Å². The molecule has 27 heavy (non-hydrogen) atoms. The van der Waals surface area contributed by atoms with Gasteiger partial charge in [-0.3, -0.25) is 19.9 Å². The summed E-state index contributed by atoms with van der Waals surface area (Å²) in [5.41, 5.74) is 1.52. The Bertz CT molecular complexity index is 922. The molecule has 0 aromatic heterocycles. The number of nitrogens with zero attached hydrogens (tertiary/aromatic N) is 2. The summed E-state index contributed by atoms with van der Waals surface area (Å²) in [4.78, 5) is 28.5. The second-order valence-corrected chi connectivity index (χ2v) is 6.86. The van der Waals surface area contributed by atoms with E-state index in [0.717, 1.165) is 10.6 Å². The Morgan fingerprint density at radius 3 is 2.56 bits per heavy atom. The van der Waals surface area contributed by atoms with Crippen molar-refractivity contribution in [1.29, 1.82) is 0 Å². The van der Waals surface area contributed by atoms with Crippen molar-refractivity contribution >= 4 is 23.1 Å². The van der Waals surface area contributed by atoms with Gasteiger partial charge in [0.1, 0.15) is 5.41 Å². The molecule has 0 saturated carbocycles. The molecule has 0 unspecified atom stereocenters. The number of hydrogen-bond donors (Lipinski definition) is 1. The first-order valence-corrected chi connectivity index (χ1v) is 8.99. The van der Waals surface area contributed by atoms with Gasteiger partial charge in [0.2, 0.25) is 5.91 Å². The van der Waals surface area contributed by atoms with Crippen LogP contribution in [0, 0.1) is 0 Å². The molecule has 0 bridgehead atoms. The largest absolute Gasteiger partial charge is 0.314 e. The molecule has 0 aliphatic carbocycles. The average Bonchev–Trinajstić information content (AvgIpc) is 2.70. The lowest BCUT2D eigenvalue weighted by Crippen LogP contribution is -2.53. The number of likely N-dealkylation sites (N-methyl/N-ethyl adjacent to an activating group) is 1. The van der Waals surface area contributed by atoms with E-state index >= 15 is 0 Å². The molecule has 1 amide bonds. The summed E-state index contributed by atoms with van der Waals surface area (Å²) in [6.45, 7) is 7.55. The van der Waals surface area contributed by atoms with Crippen LogP contribution in [0.1, 0.15) is 35.3 Å². The molecular formula is C22H24N2O3. The zero-order chi connectivity index (χ0) is 19.8.